The van der Waals surface area contributed by atoms with Crippen LogP contribution in [0.1, 0.15) is 0 Å². The number of hydrogen-bond acceptors (Lipinski definition) is 14. The van der Waals surface area contributed by atoms with E-state index in [1.165, 1.54) is 0 Å². The van der Waals surface area contributed by atoms with Crippen LogP contribution in [0, 0.1) is 0 Å². The van der Waals surface area contributed by atoms with Crippen molar-refractivity contribution in [2.75, 3.05) is 39.3 Å². The van der Waals surface area contributed by atoms with Crippen LogP contribution in [0.5, 0.6) is 0 Å². The van der Waals surface area contributed by atoms with Crippen molar-refractivity contribution < 1.29 is 59.4 Å². The number of carboxylic acid groups (broad SMARTS) is 6. The molecule has 0 aromatic heterocycles. The largest absolute Gasteiger partial charge is 2.00 e. The molecule has 17 heteroatoms. The maximum atomic E-state index is 9.99. The summed E-state index contributed by atoms with van der Waals surface area (Å²) in [5.74, 6) is -9.40. The minimum Gasteiger partial charge on any atom is -0.549 e. The van der Waals surface area contributed by atoms with Crippen LogP contribution in [0.4, 0.5) is 0 Å². The Balaban J connectivity index is -0.000000120. The average Bonchev–Trinajstić information content (AvgIpc) is 2.33. The minimum atomic E-state index is -1.57. The van der Waals surface area contributed by atoms with Crippen molar-refractivity contribution in [3.8, 4) is 0 Å². The molecule has 0 radical (unpaired) electrons. The smallest absolute Gasteiger partial charge is 0.549 e. The van der Waals surface area contributed by atoms with Crippen molar-refractivity contribution in [3.05, 3.63) is 0 Å². The van der Waals surface area contributed by atoms with E-state index < -0.39 is 75.1 Å². The van der Waals surface area contributed by atoms with Crippen LogP contribution in [0.15, 0.2) is 0 Å². The molecule has 0 unspecified atom stereocenters. The molecule has 0 aliphatic rings. The average molecular weight is 496 g/mol. The zero-order valence-corrected chi connectivity index (χ0v) is 21.8. The molecule has 0 heterocycles. The van der Waals surface area contributed by atoms with Gasteiger partial charge in [-0.25, -0.2) is 0 Å². The van der Waals surface area contributed by atoms with Gasteiger partial charge in [-0.05, 0) is 0 Å². The molecule has 148 valence electrons. The fourth-order valence-corrected chi connectivity index (χ4v) is 1.43. The van der Waals surface area contributed by atoms with Gasteiger partial charge in [-0.2, -0.15) is 0 Å². The topological polar surface area (TPSA) is 247 Å². The second-order valence-corrected chi connectivity index (χ2v) is 4.52. The number of aliphatic carboxylic acids is 6. The molecule has 0 bridgehead atoms. The molecular weight excluding hydrogens is 484 g/mol. The van der Waals surface area contributed by atoms with Gasteiger partial charge in [0, 0.05) is 39.3 Å². The summed E-state index contributed by atoms with van der Waals surface area (Å²) < 4.78 is 0. The van der Waals surface area contributed by atoms with Crippen molar-refractivity contribution >= 4 is 149 Å². The van der Waals surface area contributed by atoms with Gasteiger partial charge in [-0.1, -0.05) is 0 Å². The van der Waals surface area contributed by atoms with Crippen LogP contribution in [-0.2, 0) is 28.8 Å². The van der Waals surface area contributed by atoms with Crippen LogP contribution in [-0.4, -0.2) is 198 Å². The van der Waals surface area contributed by atoms with E-state index in [4.69, 9.17) is 0 Å². The quantitative estimate of drug-likeness (QED) is 0.228. The van der Waals surface area contributed by atoms with Gasteiger partial charge >= 0.3 is 113 Å². The van der Waals surface area contributed by atoms with Crippen molar-refractivity contribution in [1.82, 2.24) is 9.80 Å². The molecule has 0 aromatic rings. The molecule has 0 fully saturated rings. The molecule has 0 saturated carbocycles. The van der Waals surface area contributed by atoms with E-state index >= 15 is 0 Å². The Morgan fingerprint density at radius 1 is 0.379 bits per heavy atom. The molecule has 0 aromatic carbocycles. The number of carboxylic acids is 6. The Kier molecular flexibility index (Phi) is 31.9. The molecular formula is C12H12Ca3N2O12. The Labute approximate surface area is 253 Å². The summed E-state index contributed by atoms with van der Waals surface area (Å²) in [7, 11) is 0. The first kappa shape index (κ1) is 39.9. The van der Waals surface area contributed by atoms with E-state index in [1.54, 1.807) is 0 Å². The van der Waals surface area contributed by atoms with Crippen molar-refractivity contribution in [1.29, 1.82) is 0 Å². The number of rotatable bonds is 12. The second-order valence-electron chi connectivity index (χ2n) is 4.52. The molecule has 0 aliphatic carbocycles. The molecule has 0 N–H and O–H groups in total. The first-order valence-corrected chi connectivity index (χ1v) is 6.47. The van der Waals surface area contributed by atoms with Gasteiger partial charge in [-0.15, -0.1) is 0 Å². The van der Waals surface area contributed by atoms with E-state index in [9.17, 15) is 59.4 Å². The van der Waals surface area contributed by atoms with Crippen LogP contribution < -0.4 is 30.6 Å². The third-order valence-corrected chi connectivity index (χ3v) is 2.12. The van der Waals surface area contributed by atoms with Crippen LogP contribution >= 0.6 is 0 Å². The number of carbonyl (C=O) groups excluding carboxylic acids is 6. The van der Waals surface area contributed by atoms with E-state index in [0.29, 0.717) is 9.80 Å². The molecule has 0 amide bonds. The first-order chi connectivity index (χ1) is 11.8. The maximum Gasteiger partial charge on any atom is 2.00 e. The Morgan fingerprint density at radius 3 is 0.552 bits per heavy atom. The SMILES string of the molecule is O=C([O-])CN(CC(=O)[O-])CC(=O)[O-].O=C([O-])CN(CC(=O)[O-])CC(=O)[O-].[Ca+2].[Ca+2].[Ca+2]. The monoisotopic (exact) mass is 496 g/mol. The van der Waals surface area contributed by atoms with Gasteiger partial charge < -0.3 is 59.4 Å². The summed E-state index contributed by atoms with van der Waals surface area (Å²) in [6.07, 6.45) is 0. The molecule has 0 atom stereocenters. The van der Waals surface area contributed by atoms with E-state index in [2.05, 4.69) is 0 Å². The van der Waals surface area contributed by atoms with Gasteiger partial charge in [0.15, 0.2) is 0 Å². The third-order valence-electron chi connectivity index (χ3n) is 2.12. The summed E-state index contributed by atoms with van der Waals surface area (Å²) in [6, 6.07) is 0. The predicted octanol–water partition coefficient (Wildman–Crippen LogP) is -12.1. The molecule has 29 heavy (non-hydrogen) atoms. The van der Waals surface area contributed by atoms with E-state index in [-0.39, 0.29) is 113 Å². The summed E-state index contributed by atoms with van der Waals surface area (Å²) >= 11 is 0. The fraction of sp³-hybridized carbons (Fsp3) is 0.500. The van der Waals surface area contributed by atoms with Crippen LogP contribution in [0.25, 0.3) is 0 Å². The van der Waals surface area contributed by atoms with Crippen molar-refractivity contribution in [3.63, 3.8) is 0 Å². The zero-order valence-electron chi connectivity index (χ0n) is 15.2. The van der Waals surface area contributed by atoms with Crippen LogP contribution in [0.3, 0.4) is 0 Å². The van der Waals surface area contributed by atoms with E-state index in [0.717, 1.165) is 0 Å². The van der Waals surface area contributed by atoms with Gasteiger partial charge in [0.05, 0.1) is 35.8 Å². The second kappa shape index (κ2) is 23.2. The number of carbonyl (C=O) groups is 6. The Hall–Kier alpha value is 0.519. The number of hydrogen-bond donors (Lipinski definition) is 0. The zero-order chi connectivity index (χ0) is 20.9. The normalized spacial score (nSPS) is 8.90. The van der Waals surface area contributed by atoms with Gasteiger partial charge in [0.1, 0.15) is 0 Å². The summed E-state index contributed by atoms with van der Waals surface area (Å²) in [5, 5.41) is 60.0. The molecule has 0 saturated heterocycles. The molecule has 0 aliphatic heterocycles. The standard InChI is InChI=1S/2C6H9NO6.3Ca/c2*8-4(9)1-7(2-5(10)11)3-6(12)13;;;/h2*1-3H2,(H,8,9)(H,10,11)(H,12,13);;;/q;;3*+2/p-6. The molecule has 0 rings (SSSR count). The van der Waals surface area contributed by atoms with Crippen LogP contribution in [0.2, 0.25) is 0 Å². The van der Waals surface area contributed by atoms with Crippen molar-refractivity contribution in [2.24, 2.45) is 0 Å². The van der Waals surface area contributed by atoms with Gasteiger partial charge in [0.2, 0.25) is 0 Å². The Morgan fingerprint density at radius 2 is 0.483 bits per heavy atom. The number of nitrogens with zero attached hydrogens (tertiary/aromatic N) is 2. The summed E-state index contributed by atoms with van der Waals surface area (Å²) in [5.41, 5.74) is 0. The van der Waals surface area contributed by atoms with E-state index in [1.807, 2.05) is 0 Å². The van der Waals surface area contributed by atoms with Crippen molar-refractivity contribution in [2.45, 2.75) is 0 Å². The maximum absolute atomic E-state index is 9.99. The molecule has 14 nitrogen and oxygen atoms in total. The first-order valence-electron chi connectivity index (χ1n) is 6.47. The third kappa shape index (κ3) is 33.4. The Bertz CT molecular complexity index is 436. The predicted molar refractivity (Wildman–Crippen MR) is 80.2 cm³/mol. The summed E-state index contributed by atoms with van der Waals surface area (Å²) in [6.45, 7) is -4.74. The van der Waals surface area contributed by atoms with Gasteiger partial charge in [0.25, 0.3) is 0 Å². The fourth-order valence-electron chi connectivity index (χ4n) is 1.43. The molecule has 0 spiro atoms. The van der Waals surface area contributed by atoms with Gasteiger partial charge in [-0.3, -0.25) is 9.80 Å². The minimum absolute atomic E-state index is 0. The summed E-state index contributed by atoms with van der Waals surface area (Å²) in [4.78, 5) is 61.2.